The normalized spacial score (nSPS) is 24.1. The van der Waals surface area contributed by atoms with Gasteiger partial charge in [0.1, 0.15) is 23.0 Å². The number of hydrogen-bond donors (Lipinski definition) is 0. The van der Waals surface area contributed by atoms with E-state index in [0.717, 1.165) is 34.1 Å². The van der Waals surface area contributed by atoms with Crippen molar-refractivity contribution in [2.45, 2.75) is 223 Å². The van der Waals surface area contributed by atoms with Crippen molar-refractivity contribution in [3.05, 3.63) is 116 Å². The molecule has 0 saturated carbocycles. The third kappa shape index (κ3) is 17.5. The average molecular weight is 1240 g/mol. The summed E-state index contributed by atoms with van der Waals surface area (Å²) in [5.74, 6) is 3.38. The molecule has 4 heterocycles. The van der Waals surface area contributed by atoms with Crippen LogP contribution in [-0.2, 0) is 79.5 Å². The first kappa shape index (κ1) is 69.0. The van der Waals surface area contributed by atoms with Crippen LogP contribution in [-0.4, -0.2) is 52.9 Å². The number of rotatable bonds is 8. The van der Waals surface area contributed by atoms with Gasteiger partial charge in [-0.25, -0.2) is 0 Å². The molecule has 4 saturated heterocycles. The fourth-order valence-electron chi connectivity index (χ4n) is 9.98. The molecule has 4 fully saturated rings. The van der Waals surface area contributed by atoms with Crippen LogP contribution < -0.4 is 18.1 Å². The van der Waals surface area contributed by atoms with E-state index in [1.54, 1.807) is 0 Å². The van der Waals surface area contributed by atoms with Crippen LogP contribution in [0.15, 0.2) is 60.7 Å². The van der Waals surface area contributed by atoms with Crippen LogP contribution in [0.4, 0.5) is 0 Å². The summed E-state index contributed by atoms with van der Waals surface area (Å²) in [5, 5.41) is 0. The van der Waals surface area contributed by atoms with Gasteiger partial charge in [-0.3, -0.25) is 0 Å². The first-order chi connectivity index (χ1) is 38.4. The van der Waals surface area contributed by atoms with Crippen molar-refractivity contribution in [2.75, 3.05) is 52.9 Å². The Morgan fingerprint density at radius 3 is 0.702 bits per heavy atom. The highest BCUT2D eigenvalue weighted by molar-refractivity contribution is 7.43. The van der Waals surface area contributed by atoms with Gasteiger partial charge in [-0.2, -0.15) is 0 Å². The second-order valence-corrected chi connectivity index (χ2v) is 36.8. The molecule has 0 N–H and O–H groups in total. The van der Waals surface area contributed by atoms with E-state index in [1.165, 1.54) is 44.5 Å². The average Bonchev–Trinajstić information content (AvgIpc) is 2.30. The number of hydrogen-bond acceptors (Lipinski definition) is 12. The Morgan fingerprint density at radius 1 is 0.286 bits per heavy atom. The summed E-state index contributed by atoms with van der Waals surface area (Å²) in [6.07, 6.45) is 0. The summed E-state index contributed by atoms with van der Waals surface area (Å²) in [6.45, 7) is 61.0. The summed E-state index contributed by atoms with van der Waals surface area (Å²) in [5.41, 5.74) is 10.8. The van der Waals surface area contributed by atoms with Crippen LogP contribution in [0.2, 0.25) is 0 Å². The van der Waals surface area contributed by atoms with E-state index in [1.807, 2.05) is 0 Å². The molecule has 4 aromatic rings. The Hall–Kier alpha value is -2.52. The van der Waals surface area contributed by atoms with E-state index >= 15 is 0 Å². The molecule has 84 heavy (non-hydrogen) atoms. The van der Waals surface area contributed by atoms with Crippen LogP contribution in [0.3, 0.4) is 0 Å². The van der Waals surface area contributed by atoms with Crippen LogP contribution in [0.25, 0.3) is 0 Å². The molecule has 0 amide bonds. The molecule has 12 nitrogen and oxygen atoms in total. The molecule has 16 heteroatoms. The van der Waals surface area contributed by atoms with Crippen molar-refractivity contribution in [1.82, 2.24) is 0 Å². The van der Waals surface area contributed by atoms with E-state index < -0.39 is 39.8 Å². The van der Waals surface area contributed by atoms with Gasteiger partial charge in [-0.1, -0.05) is 226 Å². The molecule has 4 aromatic carbocycles. The van der Waals surface area contributed by atoms with Crippen LogP contribution in [0, 0.1) is 24.7 Å². The van der Waals surface area contributed by atoms with Gasteiger partial charge >= 0.3 is 34.4 Å². The van der Waals surface area contributed by atoms with Gasteiger partial charge in [-0.05, 0) is 80.4 Å². The van der Waals surface area contributed by atoms with Crippen LogP contribution in [0.1, 0.15) is 222 Å². The Bertz CT molecular complexity index is 2610. The lowest BCUT2D eigenvalue weighted by Gasteiger charge is -2.42. The maximum absolute atomic E-state index is 6.58. The topological polar surface area (TPSA) is 111 Å². The summed E-state index contributed by atoms with van der Waals surface area (Å²) >= 11 is 0. The van der Waals surface area contributed by atoms with E-state index in [4.69, 9.17) is 54.3 Å². The Labute approximate surface area is 512 Å². The zero-order valence-electron chi connectivity index (χ0n) is 56.1. The number of benzene rings is 4. The Kier molecular flexibility index (Phi) is 20.9. The standard InChI is InChI=1S/C35H54O6P2.C33H50O6P2/c1-23-15-25(31(3,4)5)29(26(16-23)32(6,7)8)40-42-36-19-35(20-37-42)21-38-43(39-22-35)41-30-27(33(9,10)11)17-24(2)18-28(30)34(12,13)14;1-29(2,3)23-13-15-27(25(17-23)31(7,8)9)38-40-34-19-33(20-35-40)21-36-41(37-22-33)39-28-16-14-24(30(4,5)6)18-26(28)32(10,11)12/h15-18H,19-22H2,1-14H3;13-18H,19-22H2,1-12H3. The van der Waals surface area contributed by atoms with Gasteiger partial charge in [-0.15, -0.1) is 0 Å². The molecule has 0 aliphatic carbocycles. The summed E-state index contributed by atoms with van der Waals surface area (Å²) in [7, 11) is -6.16. The third-order valence-electron chi connectivity index (χ3n) is 15.5. The molecular weight excluding hydrogens is 1130 g/mol. The first-order valence-electron chi connectivity index (χ1n) is 29.9. The highest BCUT2D eigenvalue weighted by Gasteiger charge is 2.48. The Morgan fingerprint density at radius 2 is 0.500 bits per heavy atom. The van der Waals surface area contributed by atoms with Crippen LogP contribution >= 0.6 is 34.4 Å². The van der Waals surface area contributed by atoms with Gasteiger partial charge in [0.15, 0.2) is 0 Å². The zero-order valence-corrected chi connectivity index (χ0v) is 59.7. The minimum absolute atomic E-state index is 0.0579. The molecule has 2 spiro atoms. The summed E-state index contributed by atoms with van der Waals surface area (Å²) in [6, 6.07) is 21.8. The maximum atomic E-state index is 6.58. The lowest BCUT2D eigenvalue weighted by molar-refractivity contribution is -0.0678. The highest BCUT2D eigenvalue weighted by atomic mass is 31.2. The van der Waals surface area contributed by atoms with E-state index in [9.17, 15) is 0 Å². The Balaban J connectivity index is 0.000000241. The van der Waals surface area contributed by atoms with Crippen molar-refractivity contribution in [1.29, 1.82) is 0 Å². The minimum atomic E-state index is -1.56. The first-order valence-corrected chi connectivity index (χ1v) is 34.3. The maximum Gasteiger partial charge on any atom is 0.397 e. The molecule has 0 radical (unpaired) electrons. The van der Waals surface area contributed by atoms with E-state index in [2.05, 4.69) is 241 Å². The predicted octanol–water partition coefficient (Wildman–Crippen LogP) is 20.4. The second-order valence-electron chi connectivity index (χ2n) is 32.2. The molecule has 0 aromatic heterocycles. The molecule has 468 valence electrons. The number of aryl methyl sites for hydroxylation is 2. The molecule has 8 rings (SSSR count). The highest BCUT2D eigenvalue weighted by Crippen LogP contribution is 2.58. The van der Waals surface area contributed by atoms with Gasteiger partial charge in [0.25, 0.3) is 0 Å². The van der Waals surface area contributed by atoms with Crippen molar-refractivity contribution in [3.63, 3.8) is 0 Å². The van der Waals surface area contributed by atoms with E-state index in [0.29, 0.717) is 52.9 Å². The largest absolute Gasteiger partial charge is 0.426 e. The second kappa shape index (κ2) is 25.4. The van der Waals surface area contributed by atoms with Gasteiger partial charge in [0.05, 0.1) is 63.7 Å². The summed E-state index contributed by atoms with van der Waals surface area (Å²) < 4.78 is 75.3. The zero-order chi connectivity index (χ0) is 62.6. The van der Waals surface area contributed by atoms with Crippen molar-refractivity contribution < 1.29 is 54.3 Å². The van der Waals surface area contributed by atoms with Crippen LogP contribution in [0.5, 0.6) is 23.0 Å². The van der Waals surface area contributed by atoms with Gasteiger partial charge < -0.3 is 54.3 Å². The molecule has 0 unspecified atom stereocenters. The minimum Gasteiger partial charge on any atom is -0.426 e. The SMILES string of the molecule is CC(C)(C)c1ccc(OP2OCC3(CO2)COP(Oc2ccc(C(C)(C)C)cc2C(C)(C)C)OC3)c(C(C)(C)C)c1.Cc1cc(C(C)(C)C)c(OP2OCC3(CO2)COP(Oc2c(C(C)(C)C)cc(C)cc2C(C)(C)C)OC3)c(C(C)(C)C)c1. The quantitative estimate of drug-likeness (QED) is 0.157. The van der Waals surface area contributed by atoms with E-state index in [-0.39, 0.29) is 48.7 Å². The van der Waals surface area contributed by atoms with Gasteiger partial charge in [0.2, 0.25) is 0 Å². The smallest absolute Gasteiger partial charge is 0.397 e. The third-order valence-corrected chi connectivity index (χ3v) is 19.6. The fourth-order valence-corrected chi connectivity index (χ4v) is 15.1. The van der Waals surface area contributed by atoms with Gasteiger partial charge in [0, 0.05) is 33.4 Å². The predicted molar refractivity (Wildman–Crippen MR) is 348 cm³/mol. The molecule has 4 aliphatic heterocycles. The summed E-state index contributed by atoms with van der Waals surface area (Å²) in [4.78, 5) is 0. The van der Waals surface area contributed by atoms with Crippen molar-refractivity contribution in [2.24, 2.45) is 10.8 Å². The molecular formula is C68H104O12P4. The molecule has 4 aliphatic rings. The lowest BCUT2D eigenvalue weighted by Crippen LogP contribution is -2.45. The monoisotopic (exact) mass is 1240 g/mol. The molecule has 0 bridgehead atoms. The fraction of sp³-hybridized carbons (Fsp3) is 0.647. The lowest BCUT2D eigenvalue weighted by atomic mass is 9.78. The molecule has 0 atom stereocenters. The van der Waals surface area contributed by atoms with Crippen molar-refractivity contribution in [3.8, 4) is 23.0 Å². The van der Waals surface area contributed by atoms with Crippen molar-refractivity contribution >= 4 is 34.4 Å².